The maximum atomic E-state index is 8.71. The lowest BCUT2D eigenvalue weighted by atomic mass is 9.88. The van der Waals surface area contributed by atoms with Crippen LogP contribution in [0.2, 0.25) is 0 Å². The van der Waals surface area contributed by atoms with Crippen LogP contribution in [0.25, 0.3) is 94.6 Å². The molecule has 3 aromatic heterocycles. The van der Waals surface area contributed by atoms with Crippen molar-refractivity contribution in [3.8, 4) is 33.9 Å². The Morgan fingerprint density at radius 2 is 1.02 bits per heavy atom. The first kappa shape index (κ1) is 26.5. The van der Waals surface area contributed by atoms with Crippen molar-refractivity contribution in [3.63, 3.8) is 0 Å². The third-order valence-corrected chi connectivity index (χ3v) is 9.34. The highest BCUT2D eigenvalue weighted by atomic mass is 16.3. The summed E-state index contributed by atoms with van der Waals surface area (Å²) in [6.45, 7) is 0. The van der Waals surface area contributed by atoms with Gasteiger partial charge in [0.25, 0.3) is 0 Å². The van der Waals surface area contributed by atoms with Crippen LogP contribution in [0.15, 0.2) is 136 Å². The molecule has 10 rings (SSSR count). The average Bonchev–Trinajstić information content (AvgIpc) is 3.70. The van der Waals surface area contributed by atoms with Gasteiger partial charge in [-0.3, -0.25) is 10.8 Å². The fraction of sp³-hybridized carbons (Fsp3) is 0. The van der Waals surface area contributed by atoms with Crippen LogP contribution >= 0.6 is 0 Å². The molecule has 6 nitrogen and oxygen atoms in total. The van der Waals surface area contributed by atoms with E-state index in [1.807, 2.05) is 84.9 Å². The molecule has 0 saturated heterocycles. The standard InChI is InChI=1S/C42H24N4O2/c43-33-18-15-24-11-9-23-10-12-27(19-32(23)40(24)41(33)44)42-45-34(25-13-16-30-28-5-1-3-7-36(28)47-38(30)20-25)22-35(46-42)26-14-17-31-29-6-2-4-8-37(29)48-39(31)21-26/h1-22,43-44H. The Hall–Kier alpha value is -6.66. The quantitative estimate of drug-likeness (QED) is 0.206. The number of para-hydroxylation sites is 2. The van der Waals surface area contributed by atoms with E-state index in [0.717, 1.165) is 93.9 Å². The number of furan rings is 2. The van der Waals surface area contributed by atoms with Gasteiger partial charge >= 0.3 is 0 Å². The molecule has 1 aliphatic carbocycles. The van der Waals surface area contributed by atoms with Crippen molar-refractivity contribution < 1.29 is 8.83 Å². The van der Waals surface area contributed by atoms with Crippen molar-refractivity contribution in [1.82, 2.24) is 9.97 Å². The first-order chi connectivity index (χ1) is 23.6. The van der Waals surface area contributed by atoms with Crippen LogP contribution in [0.4, 0.5) is 0 Å². The number of hydrogen-bond donors (Lipinski definition) is 2. The molecule has 0 bridgehead atoms. The van der Waals surface area contributed by atoms with Gasteiger partial charge in [0.15, 0.2) is 5.82 Å². The summed E-state index contributed by atoms with van der Waals surface area (Å²) in [6.07, 6.45) is 3.58. The summed E-state index contributed by atoms with van der Waals surface area (Å²) in [5.74, 6) is 0.560. The Labute approximate surface area is 273 Å². The molecule has 48 heavy (non-hydrogen) atoms. The van der Waals surface area contributed by atoms with E-state index in [9.17, 15) is 0 Å². The minimum Gasteiger partial charge on any atom is -0.456 e. The molecule has 1 aliphatic rings. The molecule has 0 saturated carbocycles. The van der Waals surface area contributed by atoms with Crippen LogP contribution in [0.5, 0.6) is 0 Å². The number of hydrogen-bond acceptors (Lipinski definition) is 6. The maximum absolute atomic E-state index is 8.71. The summed E-state index contributed by atoms with van der Waals surface area (Å²) in [5.41, 5.74) is 9.54. The SMILES string of the molecule is N=C1C=Cc2ccc3ccc(-c4nc(-c5ccc6c(c5)oc5ccccc56)cc(-c5ccc6c(c5)oc5ccccc56)n4)cc3c2C1=N. The first-order valence-corrected chi connectivity index (χ1v) is 15.7. The Bertz CT molecular complexity index is 2760. The number of benzene rings is 6. The van der Waals surface area contributed by atoms with Crippen LogP contribution in [0, 0.1) is 10.8 Å². The number of fused-ring (bicyclic) bond motifs is 9. The van der Waals surface area contributed by atoms with Gasteiger partial charge in [0, 0.05) is 43.8 Å². The molecule has 0 amide bonds. The fourth-order valence-corrected chi connectivity index (χ4v) is 6.93. The zero-order valence-corrected chi connectivity index (χ0v) is 25.4. The van der Waals surface area contributed by atoms with E-state index in [1.54, 1.807) is 6.08 Å². The summed E-state index contributed by atoms with van der Waals surface area (Å²) in [7, 11) is 0. The maximum Gasteiger partial charge on any atom is 0.160 e. The second kappa shape index (κ2) is 9.92. The van der Waals surface area contributed by atoms with Crippen molar-refractivity contribution >= 4 is 72.1 Å². The summed E-state index contributed by atoms with van der Waals surface area (Å²) < 4.78 is 12.5. The van der Waals surface area contributed by atoms with E-state index in [4.69, 9.17) is 29.6 Å². The number of nitrogens with one attached hydrogen (secondary N) is 2. The predicted octanol–water partition coefficient (Wildman–Crippen LogP) is 10.8. The number of allylic oxidation sites excluding steroid dienone is 1. The van der Waals surface area contributed by atoms with Gasteiger partial charge in [-0.05, 0) is 70.9 Å². The monoisotopic (exact) mass is 616 g/mol. The van der Waals surface area contributed by atoms with E-state index in [-0.39, 0.29) is 11.4 Å². The van der Waals surface area contributed by atoms with Crippen molar-refractivity contribution in [2.24, 2.45) is 0 Å². The lowest BCUT2D eigenvalue weighted by Crippen LogP contribution is -2.16. The molecule has 9 aromatic rings. The zero-order chi connectivity index (χ0) is 31.9. The molecule has 2 N–H and O–H groups in total. The minimum absolute atomic E-state index is 0.197. The number of rotatable bonds is 3. The highest BCUT2D eigenvalue weighted by molar-refractivity contribution is 6.53. The molecule has 3 heterocycles. The Morgan fingerprint density at radius 3 is 1.67 bits per heavy atom. The van der Waals surface area contributed by atoms with E-state index < -0.39 is 0 Å². The summed E-state index contributed by atoms with van der Waals surface area (Å²) in [5, 5.41) is 23.2. The highest BCUT2D eigenvalue weighted by Gasteiger charge is 2.20. The summed E-state index contributed by atoms with van der Waals surface area (Å²) in [4.78, 5) is 10.2. The molecule has 224 valence electrons. The second-order valence-electron chi connectivity index (χ2n) is 12.2. The molecule has 0 unspecified atom stereocenters. The van der Waals surface area contributed by atoms with Gasteiger partial charge in [0.05, 0.1) is 22.8 Å². The number of aromatic nitrogens is 2. The number of nitrogens with zero attached hydrogens (tertiary/aromatic N) is 2. The van der Waals surface area contributed by atoms with Gasteiger partial charge in [-0.2, -0.15) is 0 Å². The Balaban J connectivity index is 1.19. The lowest BCUT2D eigenvalue weighted by molar-refractivity contribution is 0.668. The Morgan fingerprint density at radius 1 is 0.458 bits per heavy atom. The fourth-order valence-electron chi connectivity index (χ4n) is 6.93. The van der Waals surface area contributed by atoms with Gasteiger partial charge in [-0.1, -0.05) is 78.9 Å². The van der Waals surface area contributed by atoms with Gasteiger partial charge in [0.1, 0.15) is 22.3 Å². The Kier molecular flexibility index (Phi) is 5.49. The largest absolute Gasteiger partial charge is 0.456 e. The zero-order valence-electron chi connectivity index (χ0n) is 25.4. The molecule has 0 spiro atoms. The van der Waals surface area contributed by atoms with E-state index >= 15 is 0 Å². The topological polar surface area (TPSA) is 99.8 Å². The molecular weight excluding hydrogens is 592 g/mol. The second-order valence-corrected chi connectivity index (χ2v) is 12.2. The van der Waals surface area contributed by atoms with Crippen LogP contribution < -0.4 is 0 Å². The molecule has 0 atom stereocenters. The van der Waals surface area contributed by atoms with Gasteiger partial charge in [-0.25, -0.2) is 9.97 Å². The normalized spacial score (nSPS) is 13.0. The van der Waals surface area contributed by atoms with Gasteiger partial charge in [-0.15, -0.1) is 0 Å². The summed E-state index contributed by atoms with van der Waals surface area (Å²) in [6, 6.07) is 40.7. The van der Waals surface area contributed by atoms with Crippen molar-refractivity contribution in [2.75, 3.05) is 0 Å². The third kappa shape index (κ3) is 3.99. The van der Waals surface area contributed by atoms with Crippen LogP contribution in [0.1, 0.15) is 11.1 Å². The van der Waals surface area contributed by atoms with Crippen LogP contribution in [-0.4, -0.2) is 21.4 Å². The lowest BCUT2D eigenvalue weighted by Gasteiger charge is -2.16. The smallest absolute Gasteiger partial charge is 0.160 e. The first-order valence-electron chi connectivity index (χ1n) is 15.7. The van der Waals surface area contributed by atoms with Gasteiger partial charge < -0.3 is 8.83 Å². The third-order valence-electron chi connectivity index (χ3n) is 9.34. The van der Waals surface area contributed by atoms with Crippen molar-refractivity contribution in [3.05, 3.63) is 139 Å². The predicted molar refractivity (Wildman–Crippen MR) is 194 cm³/mol. The summed E-state index contributed by atoms with van der Waals surface area (Å²) >= 11 is 0. The molecule has 6 aromatic carbocycles. The highest BCUT2D eigenvalue weighted by Crippen LogP contribution is 2.37. The van der Waals surface area contributed by atoms with Crippen LogP contribution in [0.3, 0.4) is 0 Å². The molecule has 0 aliphatic heterocycles. The van der Waals surface area contributed by atoms with Crippen molar-refractivity contribution in [1.29, 1.82) is 10.8 Å². The average molecular weight is 617 g/mol. The molecule has 0 fully saturated rings. The van der Waals surface area contributed by atoms with E-state index in [1.165, 1.54) is 0 Å². The minimum atomic E-state index is 0.197. The van der Waals surface area contributed by atoms with Crippen LogP contribution in [-0.2, 0) is 0 Å². The molecular formula is C42H24N4O2. The van der Waals surface area contributed by atoms with E-state index in [2.05, 4.69) is 42.5 Å². The van der Waals surface area contributed by atoms with Crippen molar-refractivity contribution in [2.45, 2.75) is 0 Å². The van der Waals surface area contributed by atoms with Gasteiger partial charge in [0.2, 0.25) is 0 Å². The molecule has 0 radical (unpaired) electrons. The molecule has 6 heteroatoms. The van der Waals surface area contributed by atoms with E-state index in [0.29, 0.717) is 5.82 Å².